The predicted octanol–water partition coefficient (Wildman–Crippen LogP) is 1.59. The monoisotopic (exact) mass is 295 g/mol. The number of hydrogen-bond donors (Lipinski definition) is 1. The van der Waals surface area contributed by atoms with E-state index in [0.717, 1.165) is 5.01 Å². The zero-order valence-corrected chi connectivity index (χ0v) is 11.4. The van der Waals surface area contributed by atoms with Gasteiger partial charge in [0.15, 0.2) is 0 Å². The van der Waals surface area contributed by atoms with E-state index in [1.807, 2.05) is 6.92 Å². The van der Waals surface area contributed by atoms with Gasteiger partial charge in [-0.3, -0.25) is 4.79 Å². The average molecular weight is 296 g/mol. The highest BCUT2D eigenvalue weighted by Crippen LogP contribution is 2.07. The minimum atomic E-state index is -0.823. The van der Waals surface area contributed by atoms with Crippen molar-refractivity contribution < 1.29 is 14.7 Å². The van der Waals surface area contributed by atoms with Gasteiger partial charge in [0.25, 0.3) is 11.0 Å². The molecule has 0 saturated carbocycles. The summed E-state index contributed by atoms with van der Waals surface area (Å²) in [5.74, 6) is -0.218. The van der Waals surface area contributed by atoms with E-state index in [-0.39, 0.29) is 24.9 Å². The van der Waals surface area contributed by atoms with Gasteiger partial charge in [0, 0.05) is 11.9 Å². The third-order valence-corrected chi connectivity index (χ3v) is 2.68. The molecule has 0 bridgehead atoms. The quantitative estimate of drug-likeness (QED) is 0.468. The Kier molecular flexibility index (Phi) is 7.97. The summed E-state index contributed by atoms with van der Waals surface area (Å²) >= 11 is 1.42. The van der Waals surface area contributed by atoms with Crippen LogP contribution in [0.3, 0.4) is 0 Å². The van der Waals surface area contributed by atoms with Crippen molar-refractivity contribution in [2.45, 2.75) is 19.8 Å². The largest absolute Gasteiger partial charge is 0.351 e. The van der Waals surface area contributed by atoms with E-state index < -0.39 is 5.09 Å². The predicted molar refractivity (Wildman–Crippen MR) is 68.6 cm³/mol. The van der Waals surface area contributed by atoms with E-state index in [2.05, 4.69) is 15.1 Å². The van der Waals surface area contributed by atoms with Gasteiger partial charge in [-0.15, -0.1) is 33.9 Å². The molecule has 0 aliphatic rings. The number of rotatable bonds is 7. The number of aromatic nitrogens is 1. The second-order valence-corrected chi connectivity index (χ2v) is 4.33. The third kappa shape index (κ3) is 6.36. The van der Waals surface area contributed by atoms with Crippen LogP contribution in [-0.4, -0.2) is 29.1 Å². The number of aryl methyl sites for hydroxylation is 1. The number of unbranched alkanes of at least 4 members (excludes halogenated alkanes) is 1. The maximum Gasteiger partial charge on any atom is 0.294 e. The lowest BCUT2D eigenvalue weighted by Gasteiger charge is -2.02. The lowest BCUT2D eigenvalue weighted by Crippen LogP contribution is -2.25. The van der Waals surface area contributed by atoms with Crippen LogP contribution >= 0.6 is 23.7 Å². The molecule has 0 spiro atoms. The van der Waals surface area contributed by atoms with Crippen LogP contribution in [0.4, 0.5) is 0 Å². The van der Waals surface area contributed by atoms with E-state index in [4.69, 9.17) is 0 Å². The van der Waals surface area contributed by atoms with E-state index in [9.17, 15) is 14.9 Å². The highest BCUT2D eigenvalue weighted by atomic mass is 35.5. The van der Waals surface area contributed by atoms with Gasteiger partial charge in [-0.2, -0.15) is 0 Å². The second-order valence-electron chi connectivity index (χ2n) is 3.27. The Balaban J connectivity index is 0.00000289. The van der Waals surface area contributed by atoms with Crippen molar-refractivity contribution in [3.8, 4) is 0 Å². The van der Waals surface area contributed by atoms with Crippen LogP contribution in [0.15, 0.2) is 5.38 Å². The van der Waals surface area contributed by atoms with Crippen LogP contribution in [-0.2, 0) is 4.84 Å². The lowest BCUT2D eigenvalue weighted by atomic mass is 10.3. The molecule has 1 aromatic rings. The van der Waals surface area contributed by atoms with Gasteiger partial charge in [-0.05, 0) is 19.8 Å². The van der Waals surface area contributed by atoms with Gasteiger partial charge in [-0.25, -0.2) is 4.98 Å². The highest BCUT2D eigenvalue weighted by molar-refractivity contribution is 7.09. The van der Waals surface area contributed by atoms with Gasteiger partial charge >= 0.3 is 0 Å². The molecule has 0 saturated heterocycles. The first-order valence-electron chi connectivity index (χ1n) is 5.07. The summed E-state index contributed by atoms with van der Waals surface area (Å²) in [4.78, 5) is 29.5. The Morgan fingerprint density at radius 3 is 2.89 bits per heavy atom. The van der Waals surface area contributed by atoms with Gasteiger partial charge in [0.2, 0.25) is 0 Å². The maximum atomic E-state index is 11.5. The number of carbonyl (C=O) groups excluding carboxylic acids is 1. The van der Waals surface area contributed by atoms with Crippen molar-refractivity contribution in [1.82, 2.24) is 10.3 Å². The first-order valence-corrected chi connectivity index (χ1v) is 5.95. The minimum absolute atomic E-state index is 0. The molecule has 102 valence electrons. The minimum Gasteiger partial charge on any atom is -0.351 e. The Morgan fingerprint density at radius 1 is 1.61 bits per heavy atom. The molecule has 1 aromatic heterocycles. The van der Waals surface area contributed by atoms with E-state index in [1.54, 1.807) is 5.38 Å². The fourth-order valence-electron chi connectivity index (χ4n) is 1.13. The summed E-state index contributed by atoms with van der Waals surface area (Å²) in [5, 5.41) is 14.2. The number of hydrogen-bond acceptors (Lipinski definition) is 6. The molecule has 0 unspecified atom stereocenters. The van der Waals surface area contributed by atoms with E-state index >= 15 is 0 Å². The van der Waals surface area contributed by atoms with Crippen molar-refractivity contribution in [1.29, 1.82) is 0 Å². The molecule has 0 atom stereocenters. The van der Waals surface area contributed by atoms with Gasteiger partial charge in [-0.1, -0.05) is 0 Å². The fraction of sp³-hybridized carbons (Fsp3) is 0.556. The molecular formula is C9H14ClN3O4S. The van der Waals surface area contributed by atoms with Crippen LogP contribution in [0.25, 0.3) is 0 Å². The van der Waals surface area contributed by atoms with Crippen molar-refractivity contribution in [3.05, 3.63) is 26.2 Å². The molecule has 0 aromatic carbocycles. The first kappa shape index (κ1) is 16.6. The summed E-state index contributed by atoms with van der Waals surface area (Å²) in [5.41, 5.74) is 0.411. The van der Waals surface area contributed by atoms with E-state index in [0.29, 0.717) is 25.1 Å². The summed E-state index contributed by atoms with van der Waals surface area (Å²) in [6.07, 6.45) is 1.15. The molecule has 9 heteroatoms. The van der Waals surface area contributed by atoms with Crippen LogP contribution in [0.1, 0.15) is 28.3 Å². The molecule has 0 aliphatic heterocycles. The summed E-state index contributed by atoms with van der Waals surface area (Å²) < 4.78 is 0. The second kappa shape index (κ2) is 8.65. The lowest BCUT2D eigenvalue weighted by molar-refractivity contribution is -0.757. The number of nitrogens with one attached hydrogen (secondary N) is 1. The maximum absolute atomic E-state index is 11.5. The molecule has 0 aliphatic carbocycles. The van der Waals surface area contributed by atoms with Crippen LogP contribution in [0.2, 0.25) is 0 Å². The Labute approximate surface area is 114 Å². The zero-order chi connectivity index (χ0) is 12.7. The summed E-state index contributed by atoms with van der Waals surface area (Å²) in [6.45, 7) is 2.34. The molecule has 1 heterocycles. The molecule has 1 amide bonds. The Bertz CT molecular complexity index is 399. The number of halogens is 1. The topological polar surface area (TPSA) is 94.4 Å². The molecule has 0 fully saturated rings. The standard InChI is InChI=1S/C9H13N3O4S.ClH/c1-7-11-8(6-17-7)9(13)10-4-2-3-5-16-12(14)15;/h6H,2-5H2,1H3,(H,10,13);1H. The fourth-order valence-corrected chi connectivity index (χ4v) is 1.72. The SMILES string of the molecule is Cc1nc(C(=O)NCCCCO[N+](=O)[O-])cs1.Cl. The van der Waals surface area contributed by atoms with Gasteiger partial charge in [0.05, 0.1) is 11.6 Å². The third-order valence-electron chi connectivity index (χ3n) is 1.91. The van der Waals surface area contributed by atoms with Crippen LogP contribution in [0.5, 0.6) is 0 Å². The summed E-state index contributed by atoms with van der Waals surface area (Å²) in [7, 11) is 0. The van der Waals surface area contributed by atoms with Crippen molar-refractivity contribution in [2.75, 3.05) is 13.2 Å². The molecule has 0 radical (unpaired) electrons. The number of nitrogens with zero attached hydrogens (tertiary/aromatic N) is 2. The molecule has 1 rings (SSSR count). The van der Waals surface area contributed by atoms with Crippen LogP contribution < -0.4 is 5.32 Å². The van der Waals surface area contributed by atoms with Crippen molar-refractivity contribution >= 4 is 29.7 Å². The number of carbonyl (C=O) groups is 1. The smallest absolute Gasteiger partial charge is 0.294 e. The summed E-state index contributed by atoms with van der Waals surface area (Å²) in [6, 6.07) is 0. The normalized spacial score (nSPS) is 9.39. The zero-order valence-electron chi connectivity index (χ0n) is 9.75. The van der Waals surface area contributed by atoms with Gasteiger partial charge < -0.3 is 10.2 Å². The molecule has 7 nitrogen and oxygen atoms in total. The van der Waals surface area contributed by atoms with Crippen molar-refractivity contribution in [2.24, 2.45) is 0 Å². The Hall–Kier alpha value is -1.41. The van der Waals surface area contributed by atoms with Gasteiger partial charge in [0.1, 0.15) is 5.69 Å². The number of amides is 1. The molecular weight excluding hydrogens is 282 g/mol. The molecule has 1 N–H and O–H groups in total. The Morgan fingerprint density at radius 2 is 2.33 bits per heavy atom. The molecule has 18 heavy (non-hydrogen) atoms. The average Bonchev–Trinajstić information content (AvgIpc) is 2.69. The van der Waals surface area contributed by atoms with E-state index in [1.165, 1.54) is 11.3 Å². The number of thiazole rings is 1. The van der Waals surface area contributed by atoms with Crippen LogP contribution in [0, 0.1) is 17.0 Å². The highest BCUT2D eigenvalue weighted by Gasteiger charge is 2.07. The van der Waals surface area contributed by atoms with Crippen molar-refractivity contribution in [3.63, 3.8) is 0 Å². The first-order chi connectivity index (χ1) is 8.09.